The van der Waals surface area contributed by atoms with Gasteiger partial charge in [-0.25, -0.2) is 0 Å². The monoisotopic (exact) mass is 464 g/mol. The van der Waals surface area contributed by atoms with Crippen molar-refractivity contribution in [2.24, 2.45) is 5.73 Å². The molecule has 8 heteroatoms. The molecule has 5 rings (SSSR count). The van der Waals surface area contributed by atoms with E-state index in [9.17, 15) is 9.59 Å². The number of pyridine rings is 1. The number of aryl methyl sites for hydroxylation is 1. The molecule has 170 valence electrons. The number of fused-ring (bicyclic) bond motifs is 3. The van der Waals surface area contributed by atoms with E-state index in [1.807, 2.05) is 47.0 Å². The molecule has 3 atom stereocenters. The van der Waals surface area contributed by atoms with Crippen LogP contribution in [0.1, 0.15) is 49.1 Å². The van der Waals surface area contributed by atoms with Crippen LogP contribution in [0.5, 0.6) is 0 Å². The number of rotatable bonds is 4. The standard InChI is InChI=1S/C25H25ClN4O3/c1-14-20-23(29-33-14)21-18(26)11-6-12-19(21)30(25(20)32)17-10-5-9-16(13-17)28-24(31)22(27)15-7-3-2-4-8-15/h2-4,6-8,11-12,16-17,22H,5,9-10,13,27H2,1H3,(H,28,31)/t16-,17+,22-/m1/s1. The molecule has 3 N–H and O–H groups in total. The van der Waals surface area contributed by atoms with Crippen LogP contribution in [0, 0.1) is 6.92 Å². The van der Waals surface area contributed by atoms with E-state index < -0.39 is 6.04 Å². The molecule has 4 aromatic rings. The Bertz CT molecular complexity index is 1400. The molecule has 1 fully saturated rings. The van der Waals surface area contributed by atoms with Gasteiger partial charge < -0.3 is 20.1 Å². The second kappa shape index (κ2) is 8.65. The summed E-state index contributed by atoms with van der Waals surface area (Å²) >= 11 is 6.53. The van der Waals surface area contributed by atoms with Crippen molar-refractivity contribution >= 4 is 39.3 Å². The number of hydrogen-bond donors (Lipinski definition) is 2. The van der Waals surface area contributed by atoms with Gasteiger partial charge in [-0.15, -0.1) is 0 Å². The number of benzene rings is 2. The Morgan fingerprint density at radius 1 is 1.18 bits per heavy atom. The highest BCUT2D eigenvalue weighted by molar-refractivity contribution is 6.37. The van der Waals surface area contributed by atoms with Crippen LogP contribution in [0.4, 0.5) is 0 Å². The van der Waals surface area contributed by atoms with Crippen LogP contribution >= 0.6 is 11.6 Å². The van der Waals surface area contributed by atoms with E-state index in [4.69, 9.17) is 21.9 Å². The Labute approximate surface area is 195 Å². The Balaban J connectivity index is 1.48. The Morgan fingerprint density at radius 2 is 1.97 bits per heavy atom. The van der Waals surface area contributed by atoms with E-state index in [0.29, 0.717) is 33.5 Å². The van der Waals surface area contributed by atoms with Crippen molar-refractivity contribution in [2.45, 2.75) is 50.7 Å². The maximum Gasteiger partial charge on any atom is 0.264 e. The zero-order valence-electron chi connectivity index (χ0n) is 18.3. The number of hydrogen-bond acceptors (Lipinski definition) is 5. The molecule has 0 saturated heterocycles. The van der Waals surface area contributed by atoms with E-state index in [1.54, 1.807) is 13.0 Å². The zero-order valence-corrected chi connectivity index (χ0v) is 19.0. The molecule has 0 unspecified atom stereocenters. The van der Waals surface area contributed by atoms with Gasteiger partial charge in [0.2, 0.25) is 5.91 Å². The van der Waals surface area contributed by atoms with Gasteiger partial charge in [0, 0.05) is 17.5 Å². The molecule has 1 aliphatic carbocycles. The summed E-state index contributed by atoms with van der Waals surface area (Å²) in [5.74, 6) is 0.262. The minimum atomic E-state index is -0.732. The van der Waals surface area contributed by atoms with Crippen molar-refractivity contribution in [3.63, 3.8) is 0 Å². The van der Waals surface area contributed by atoms with Gasteiger partial charge >= 0.3 is 0 Å². The van der Waals surface area contributed by atoms with Gasteiger partial charge in [-0.3, -0.25) is 9.59 Å². The summed E-state index contributed by atoms with van der Waals surface area (Å²) in [6.45, 7) is 1.73. The minimum absolute atomic E-state index is 0.0774. The number of nitrogens with zero attached hydrogens (tertiary/aromatic N) is 2. The van der Waals surface area contributed by atoms with Crippen molar-refractivity contribution in [2.75, 3.05) is 0 Å². The minimum Gasteiger partial charge on any atom is -0.360 e. The predicted octanol–water partition coefficient (Wildman–Crippen LogP) is 4.40. The van der Waals surface area contributed by atoms with Crippen LogP contribution in [0.15, 0.2) is 57.8 Å². The van der Waals surface area contributed by atoms with E-state index in [0.717, 1.165) is 30.3 Å². The summed E-state index contributed by atoms with van der Waals surface area (Å²) < 4.78 is 7.16. The summed E-state index contributed by atoms with van der Waals surface area (Å²) in [4.78, 5) is 26.4. The van der Waals surface area contributed by atoms with Gasteiger partial charge in [0.1, 0.15) is 22.7 Å². The van der Waals surface area contributed by atoms with Crippen molar-refractivity contribution < 1.29 is 9.32 Å². The van der Waals surface area contributed by atoms with Crippen LogP contribution < -0.4 is 16.6 Å². The van der Waals surface area contributed by atoms with Crippen molar-refractivity contribution in [3.05, 3.63) is 75.2 Å². The molecule has 0 radical (unpaired) electrons. The molecule has 2 heterocycles. The second-order valence-electron chi connectivity index (χ2n) is 8.69. The molecule has 1 amide bonds. The molecule has 0 aliphatic heterocycles. The highest BCUT2D eigenvalue weighted by Gasteiger charge is 2.29. The fraction of sp³-hybridized carbons (Fsp3) is 0.320. The lowest BCUT2D eigenvalue weighted by molar-refractivity contribution is -0.123. The summed E-state index contributed by atoms with van der Waals surface area (Å²) in [6.07, 6.45) is 3.18. The fourth-order valence-corrected chi connectivity index (χ4v) is 5.23. The molecule has 2 aromatic carbocycles. The van der Waals surface area contributed by atoms with Gasteiger partial charge in [0.05, 0.1) is 10.5 Å². The number of halogens is 1. The third-order valence-electron chi connectivity index (χ3n) is 6.58. The van der Waals surface area contributed by atoms with Gasteiger partial charge in [-0.1, -0.05) is 53.2 Å². The molecule has 0 bridgehead atoms. The van der Waals surface area contributed by atoms with Crippen molar-refractivity contribution in [1.82, 2.24) is 15.0 Å². The smallest absolute Gasteiger partial charge is 0.264 e. The fourth-order valence-electron chi connectivity index (χ4n) is 4.97. The number of aromatic nitrogens is 2. The van der Waals surface area contributed by atoms with E-state index in [1.165, 1.54) is 0 Å². The molecule has 1 aliphatic rings. The summed E-state index contributed by atoms with van der Waals surface area (Å²) in [6, 6.07) is 13.9. The van der Waals surface area contributed by atoms with Crippen LogP contribution in [-0.4, -0.2) is 21.7 Å². The lowest BCUT2D eigenvalue weighted by atomic mass is 9.89. The van der Waals surface area contributed by atoms with E-state index in [2.05, 4.69) is 10.5 Å². The Hall–Kier alpha value is -3.16. The first-order chi connectivity index (χ1) is 16.0. The first-order valence-electron chi connectivity index (χ1n) is 11.2. The number of carbonyl (C=O) groups is 1. The number of carbonyl (C=O) groups excluding carboxylic acids is 1. The predicted molar refractivity (Wildman–Crippen MR) is 128 cm³/mol. The maximum atomic E-state index is 13.6. The molecule has 33 heavy (non-hydrogen) atoms. The molecule has 0 spiro atoms. The van der Waals surface area contributed by atoms with Crippen molar-refractivity contribution in [3.8, 4) is 0 Å². The van der Waals surface area contributed by atoms with Crippen molar-refractivity contribution in [1.29, 1.82) is 0 Å². The molecule has 1 saturated carbocycles. The lowest BCUT2D eigenvalue weighted by Gasteiger charge is -2.32. The highest BCUT2D eigenvalue weighted by Crippen LogP contribution is 2.35. The van der Waals surface area contributed by atoms with Gasteiger partial charge in [0.25, 0.3) is 5.56 Å². The Kier molecular flexibility index (Phi) is 5.68. The normalized spacial score (nSPS) is 19.6. The Morgan fingerprint density at radius 3 is 2.76 bits per heavy atom. The SMILES string of the molecule is Cc1onc2c1c(=O)n([C@H]1CCC[C@@H](NC(=O)[C@H](N)c3ccccc3)C1)c1cccc(Cl)c21. The summed E-state index contributed by atoms with van der Waals surface area (Å²) in [5.41, 5.74) is 8.03. The van der Waals surface area contributed by atoms with Gasteiger partial charge in [0.15, 0.2) is 0 Å². The average Bonchev–Trinajstić information content (AvgIpc) is 3.21. The average molecular weight is 465 g/mol. The highest BCUT2D eigenvalue weighted by atomic mass is 35.5. The summed E-state index contributed by atoms with van der Waals surface area (Å²) in [7, 11) is 0. The van der Waals surface area contributed by atoms with Gasteiger partial charge in [-0.05, 0) is 50.3 Å². The maximum absolute atomic E-state index is 13.6. The van der Waals surface area contributed by atoms with E-state index >= 15 is 0 Å². The number of nitrogens with two attached hydrogens (primary N) is 1. The first kappa shape index (κ1) is 21.7. The third-order valence-corrected chi connectivity index (χ3v) is 6.90. The molecule has 2 aromatic heterocycles. The first-order valence-corrected chi connectivity index (χ1v) is 11.5. The second-order valence-corrected chi connectivity index (χ2v) is 9.09. The number of nitrogens with one attached hydrogen (secondary N) is 1. The zero-order chi connectivity index (χ0) is 23.1. The molecular formula is C25H25ClN4O3. The lowest BCUT2D eigenvalue weighted by Crippen LogP contribution is -2.44. The third kappa shape index (κ3) is 3.81. The van der Waals surface area contributed by atoms with E-state index in [-0.39, 0.29) is 23.6 Å². The number of amides is 1. The van der Waals surface area contributed by atoms with Crippen LogP contribution in [0.3, 0.4) is 0 Å². The molecule has 7 nitrogen and oxygen atoms in total. The topological polar surface area (TPSA) is 103 Å². The molecular weight excluding hydrogens is 440 g/mol. The van der Waals surface area contributed by atoms with Crippen LogP contribution in [-0.2, 0) is 4.79 Å². The largest absolute Gasteiger partial charge is 0.360 e. The van der Waals surface area contributed by atoms with Crippen LogP contribution in [0.25, 0.3) is 21.8 Å². The van der Waals surface area contributed by atoms with Crippen LogP contribution in [0.2, 0.25) is 5.02 Å². The quantitative estimate of drug-likeness (QED) is 0.465. The van der Waals surface area contributed by atoms with Gasteiger partial charge in [-0.2, -0.15) is 0 Å². The summed E-state index contributed by atoms with van der Waals surface area (Å²) in [5, 5.41) is 8.90.